The second-order valence-corrected chi connectivity index (χ2v) is 4.03. The molecule has 0 saturated carbocycles. The summed E-state index contributed by atoms with van der Waals surface area (Å²) >= 11 is 0. The van der Waals surface area contributed by atoms with Crippen molar-refractivity contribution < 1.29 is 4.68 Å². The van der Waals surface area contributed by atoms with Gasteiger partial charge in [0.05, 0.1) is 6.20 Å². The van der Waals surface area contributed by atoms with E-state index in [9.17, 15) is 0 Å². The van der Waals surface area contributed by atoms with Gasteiger partial charge >= 0.3 is 0 Å². The van der Waals surface area contributed by atoms with Crippen LogP contribution in [-0.2, 0) is 7.05 Å². The Balaban J connectivity index is 2.39. The van der Waals surface area contributed by atoms with Gasteiger partial charge in [-0.2, -0.15) is 0 Å². The molecule has 0 radical (unpaired) electrons. The molecular formula is C13H14N3+. The van der Waals surface area contributed by atoms with Crippen LogP contribution in [0.1, 0.15) is 5.69 Å². The standard InChI is InChI=1S/C13H14N3/c1-11-7-8-12-5-3-6-13(16(11)12)15-10-4-9-14(15)2/h3-10H,1-2H3/q+1. The van der Waals surface area contributed by atoms with E-state index in [1.54, 1.807) is 0 Å². The highest BCUT2D eigenvalue weighted by Gasteiger charge is 2.10. The Kier molecular flexibility index (Phi) is 1.86. The van der Waals surface area contributed by atoms with Crippen LogP contribution in [0.4, 0.5) is 0 Å². The zero-order chi connectivity index (χ0) is 11.1. The van der Waals surface area contributed by atoms with Gasteiger partial charge < -0.3 is 0 Å². The molecule has 80 valence electrons. The molecule has 0 atom stereocenters. The molecule has 0 unspecified atom stereocenters. The lowest BCUT2D eigenvalue weighted by atomic mass is 10.4. The van der Waals surface area contributed by atoms with Crippen LogP contribution in [0, 0.1) is 6.92 Å². The maximum atomic E-state index is 2.25. The van der Waals surface area contributed by atoms with E-state index < -0.39 is 0 Å². The summed E-state index contributed by atoms with van der Waals surface area (Å²) in [6.45, 7) is 2.12. The quantitative estimate of drug-likeness (QED) is 0.546. The Hall–Kier alpha value is -2.03. The van der Waals surface area contributed by atoms with Gasteiger partial charge in [0.25, 0.3) is 0 Å². The number of aromatic nitrogens is 3. The van der Waals surface area contributed by atoms with Crippen molar-refractivity contribution in [1.82, 2.24) is 9.08 Å². The maximum absolute atomic E-state index is 2.25. The van der Waals surface area contributed by atoms with Crippen molar-refractivity contribution in [2.45, 2.75) is 6.92 Å². The first-order chi connectivity index (χ1) is 7.77. The van der Waals surface area contributed by atoms with Crippen molar-refractivity contribution in [2.75, 3.05) is 0 Å². The summed E-state index contributed by atoms with van der Waals surface area (Å²) in [4.78, 5) is 0. The average Bonchev–Trinajstić information content (AvgIpc) is 2.86. The zero-order valence-corrected chi connectivity index (χ0v) is 9.46. The molecule has 0 aliphatic carbocycles. The van der Waals surface area contributed by atoms with Gasteiger partial charge in [0.15, 0.2) is 19.1 Å². The van der Waals surface area contributed by atoms with E-state index in [2.05, 4.69) is 57.2 Å². The lowest BCUT2D eigenvalue weighted by molar-refractivity contribution is -0.744. The summed E-state index contributed by atoms with van der Waals surface area (Å²) in [6.07, 6.45) is 4.10. The molecule has 3 heteroatoms. The Morgan fingerprint density at radius 3 is 2.69 bits per heavy atom. The monoisotopic (exact) mass is 212 g/mol. The number of rotatable bonds is 1. The van der Waals surface area contributed by atoms with Gasteiger partial charge in [0.1, 0.15) is 0 Å². The van der Waals surface area contributed by atoms with Gasteiger partial charge in [-0.05, 0) is 31.2 Å². The molecule has 0 bridgehead atoms. The van der Waals surface area contributed by atoms with Gasteiger partial charge in [-0.15, -0.1) is 9.36 Å². The molecule has 0 N–H and O–H groups in total. The van der Waals surface area contributed by atoms with Crippen molar-refractivity contribution in [2.24, 2.45) is 7.05 Å². The minimum absolute atomic E-state index is 1.16. The molecule has 3 nitrogen and oxygen atoms in total. The van der Waals surface area contributed by atoms with E-state index in [0.29, 0.717) is 0 Å². The highest BCUT2D eigenvalue weighted by Crippen LogP contribution is 2.15. The Bertz CT molecular complexity index is 646. The van der Waals surface area contributed by atoms with Crippen molar-refractivity contribution in [1.29, 1.82) is 0 Å². The minimum Gasteiger partial charge on any atom is -0.296 e. The largest absolute Gasteiger partial charge is 0.296 e. The van der Waals surface area contributed by atoms with Gasteiger partial charge in [-0.25, -0.2) is 0 Å². The van der Waals surface area contributed by atoms with Crippen LogP contribution in [-0.4, -0.2) is 9.08 Å². The number of pyridine rings is 1. The summed E-state index contributed by atoms with van der Waals surface area (Å²) in [5, 5.41) is 0. The minimum atomic E-state index is 1.16. The fourth-order valence-electron chi connectivity index (χ4n) is 2.15. The molecule has 0 saturated heterocycles. The Labute approximate surface area is 94.2 Å². The van der Waals surface area contributed by atoms with E-state index in [-0.39, 0.29) is 0 Å². The summed E-state index contributed by atoms with van der Waals surface area (Å²) in [7, 11) is 2.04. The van der Waals surface area contributed by atoms with Crippen molar-refractivity contribution >= 4 is 5.52 Å². The maximum Gasteiger partial charge on any atom is 0.195 e. The third-order valence-corrected chi connectivity index (χ3v) is 2.95. The zero-order valence-electron chi connectivity index (χ0n) is 9.46. The molecule has 16 heavy (non-hydrogen) atoms. The van der Waals surface area contributed by atoms with E-state index in [4.69, 9.17) is 0 Å². The normalized spacial score (nSPS) is 11.1. The van der Waals surface area contributed by atoms with Crippen LogP contribution in [0.3, 0.4) is 0 Å². The van der Waals surface area contributed by atoms with E-state index >= 15 is 0 Å². The van der Waals surface area contributed by atoms with Crippen LogP contribution in [0.5, 0.6) is 0 Å². The SMILES string of the molecule is Cc1ccc2cccc(-n3ccc[n+]3C)n12. The van der Waals surface area contributed by atoms with E-state index in [1.807, 2.05) is 19.3 Å². The molecule has 0 amide bonds. The number of fused-ring (bicyclic) bond motifs is 1. The molecule has 0 aliphatic heterocycles. The highest BCUT2D eigenvalue weighted by molar-refractivity contribution is 5.53. The first-order valence-corrected chi connectivity index (χ1v) is 5.38. The van der Waals surface area contributed by atoms with Gasteiger partial charge in [-0.1, -0.05) is 6.07 Å². The third-order valence-electron chi connectivity index (χ3n) is 2.95. The molecule has 0 aromatic carbocycles. The molecule has 0 fully saturated rings. The van der Waals surface area contributed by atoms with Crippen molar-refractivity contribution in [3.05, 3.63) is 54.5 Å². The first kappa shape index (κ1) is 9.21. The van der Waals surface area contributed by atoms with Crippen molar-refractivity contribution in [3.8, 4) is 5.82 Å². The molecule has 0 spiro atoms. The molecule has 3 aromatic rings. The lowest BCUT2D eigenvalue weighted by Crippen LogP contribution is -2.37. The molecule has 3 aromatic heterocycles. The van der Waals surface area contributed by atoms with E-state index in [1.165, 1.54) is 11.2 Å². The van der Waals surface area contributed by atoms with Crippen LogP contribution in [0.2, 0.25) is 0 Å². The molecular weight excluding hydrogens is 198 g/mol. The lowest BCUT2D eigenvalue weighted by Gasteiger charge is -2.06. The average molecular weight is 212 g/mol. The number of hydrogen-bond acceptors (Lipinski definition) is 0. The van der Waals surface area contributed by atoms with Gasteiger partial charge in [-0.3, -0.25) is 4.40 Å². The number of hydrogen-bond donors (Lipinski definition) is 0. The first-order valence-electron chi connectivity index (χ1n) is 5.38. The van der Waals surface area contributed by atoms with Crippen LogP contribution < -0.4 is 4.68 Å². The fourth-order valence-corrected chi connectivity index (χ4v) is 2.15. The smallest absolute Gasteiger partial charge is 0.195 e. The van der Waals surface area contributed by atoms with Crippen LogP contribution in [0.15, 0.2) is 48.8 Å². The molecule has 0 aliphatic rings. The topological polar surface area (TPSA) is 13.2 Å². The second kappa shape index (κ2) is 3.23. The summed E-state index contributed by atoms with van der Waals surface area (Å²) in [5.41, 5.74) is 2.48. The van der Waals surface area contributed by atoms with E-state index in [0.717, 1.165) is 5.82 Å². The second-order valence-electron chi connectivity index (χ2n) is 4.03. The Morgan fingerprint density at radius 2 is 1.94 bits per heavy atom. The summed E-state index contributed by atoms with van der Waals surface area (Å²) in [6, 6.07) is 12.7. The predicted octanol–water partition coefficient (Wildman–Crippen LogP) is 1.86. The van der Waals surface area contributed by atoms with Gasteiger partial charge in [0, 0.05) is 17.3 Å². The number of aryl methyl sites for hydroxylation is 2. The highest BCUT2D eigenvalue weighted by atomic mass is 15.4. The molecule has 3 heterocycles. The Morgan fingerprint density at radius 1 is 1.06 bits per heavy atom. The molecule has 3 rings (SSSR count). The number of nitrogens with zero attached hydrogens (tertiary/aromatic N) is 3. The fraction of sp³-hybridized carbons (Fsp3) is 0.154. The predicted molar refractivity (Wildman–Crippen MR) is 62.6 cm³/mol. The summed E-state index contributed by atoms with van der Waals surface area (Å²) < 4.78 is 6.44. The third kappa shape index (κ3) is 1.18. The summed E-state index contributed by atoms with van der Waals surface area (Å²) in [5.74, 6) is 1.16. The van der Waals surface area contributed by atoms with Crippen molar-refractivity contribution in [3.63, 3.8) is 0 Å². The van der Waals surface area contributed by atoms with Crippen LogP contribution >= 0.6 is 0 Å². The van der Waals surface area contributed by atoms with Crippen LogP contribution in [0.25, 0.3) is 11.3 Å². The van der Waals surface area contributed by atoms with Gasteiger partial charge in [0.2, 0.25) is 0 Å².